The molecule has 2 rings (SSSR count). The SMILES string of the molecule is COC(=O)C1(C(=O)OC)CC(c2ccc(Cl)cc2)N(C(=O)OC(C)C)N1C(=O)OC(C)C. The predicted molar refractivity (Wildman–Crippen MR) is 112 cm³/mol. The molecular weight excluding hydrogens is 444 g/mol. The lowest BCUT2D eigenvalue weighted by Gasteiger charge is -2.36. The number of rotatable bonds is 5. The van der Waals surface area contributed by atoms with Gasteiger partial charge in [0.05, 0.1) is 32.5 Å². The summed E-state index contributed by atoms with van der Waals surface area (Å²) in [6, 6.07) is 5.40. The molecule has 1 atom stereocenters. The molecule has 2 amide bonds. The van der Waals surface area contributed by atoms with Crippen molar-refractivity contribution in [1.29, 1.82) is 0 Å². The van der Waals surface area contributed by atoms with Gasteiger partial charge in [0.25, 0.3) is 5.54 Å². The highest BCUT2D eigenvalue weighted by molar-refractivity contribution is 6.30. The molecule has 1 fully saturated rings. The van der Waals surface area contributed by atoms with Crippen LogP contribution < -0.4 is 0 Å². The van der Waals surface area contributed by atoms with Crippen LogP contribution in [0.5, 0.6) is 0 Å². The molecule has 11 heteroatoms. The quantitative estimate of drug-likeness (QED) is 0.365. The highest BCUT2D eigenvalue weighted by Gasteiger charge is 2.67. The second kappa shape index (κ2) is 10.1. The molecule has 1 aromatic rings. The van der Waals surface area contributed by atoms with Gasteiger partial charge in [0.2, 0.25) is 0 Å². The Hall–Kier alpha value is -3.01. The Bertz CT molecular complexity index is 855. The lowest BCUT2D eigenvalue weighted by Crippen LogP contribution is -2.63. The highest BCUT2D eigenvalue weighted by atomic mass is 35.5. The Morgan fingerprint density at radius 3 is 1.81 bits per heavy atom. The van der Waals surface area contributed by atoms with Crippen LogP contribution in [-0.2, 0) is 28.5 Å². The van der Waals surface area contributed by atoms with E-state index in [1.165, 1.54) is 0 Å². The van der Waals surface area contributed by atoms with E-state index in [9.17, 15) is 19.2 Å². The number of benzene rings is 1. The smallest absolute Gasteiger partial charge is 0.430 e. The van der Waals surface area contributed by atoms with E-state index in [1.807, 2.05) is 0 Å². The molecule has 1 heterocycles. The summed E-state index contributed by atoms with van der Waals surface area (Å²) < 4.78 is 20.3. The molecule has 1 aliphatic rings. The van der Waals surface area contributed by atoms with E-state index in [0.717, 1.165) is 19.2 Å². The number of ether oxygens (including phenoxy) is 4. The van der Waals surface area contributed by atoms with Gasteiger partial charge in [-0.1, -0.05) is 23.7 Å². The summed E-state index contributed by atoms with van der Waals surface area (Å²) in [4.78, 5) is 52.3. The third-order valence-electron chi connectivity index (χ3n) is 4.70. The number of hydrogen-bond donors (Lipinski definition) is 0. The van der Waals surface area contributed by atoms with Crippen LogP contribution in [0.15, 0.2) is 24.3 Å². The number of methoxy groups -OCH3 is 2. The lowest BCUT2D eigenvalue weighted by atomic mass is 9.90. The third-order valence-corrected chi connectivity index (χ3v) is 4.95. The van der Waals surface area contributed by atoms with Gasteiger partial charge in [-0.05, 0) is 45.4 Å². The molecule has 10 nitrogen and oxygen atoms in total. The number of amides is 2. The van der Waals surface area contributed by atoms with Gasteiger partial charge in [-0.3, -0.25) is 0 Å². The fraction of sp³-hybridized carbons (Fsp3) is 0.524. The summed E-state index contributed by atoms with van der Waals surface area (Å²) in [5.74, 6) is -2.19. The first-order valence-electron chi connectivity index (χ1n) is 9.92. The number of esters is 2. The lowest BCUT2D eigenvalue weighted by molar-refractivity contribution is -0.175. The second-order valence-electron chi connectivity index (χ2n) is 7.64. The molecule has 0 aromatic heterocycles. The van der Waals surface area contributed by atoms with Crippen LogP contribution >= 0.6 is 11.6 Å². The van der Waals surface area contributed by atoms with Crippen LogP contribution in [0.1, 0.15) is 45.7 Å². The van der Waals surface area contributed by atoms with E-state index >= 15 is 0 Å². The van der Waals surface area contributed by atoms with Gasteiger partial charge in [-0.2, -0.15) is 5.01 Å². The zero-order chi connectivity index (χ0) is 24.2. The van der Waals surface area contributed by atoms with Crippen LogP contribution in [0.2, 0.25) is 5.02 Å². The topological polar surface area (TPSA) is 112 Å². The van der Waals surface area contributed by atoms with Gasteiger partial charge < -0.3 is 18.9 Å². The van der Waals surface area contributed by atoms with E-state index < -0.39 is 47.9 Å². The molecule has 176 valence electrons. The number of carbonyl (C=O) groups excluding carboxylic acids is 4. The first-order chi connectivity index (χ1) is 15.0. The minimum absolute atomic E-state index is 0.353. The van der Waals surface area contributed by atoms with Crippen molar-refractivity contribution in [2.45, 2.75) is 57.9 Å². The highest BCUT2D eigenvalue weighted by Crippen LogP contribution is 2.45. The molecule has 0 spiro atoms. The average Bonchev–Trinajstić information content (AvgIpc) is 3.09. The largest absolute Gasteiger partial charge is 0.467 e. The Morgan fingerprint density at radius 1 is 0.906 bits per heavy atom. The van der Waals surface area contributed by atoms with Crippen molar-refractivity contribution in [3.8, 4) is 0 Å². The summed E-state index contributed by atoms with van der Waals surface area (Å²) in [6.07, 6.45) is -3.60. The van der Waals surface area contributed by atoms with Gasteiger partial charge in [0, 0.05) is 11.4 Å². The van der Waals surface area contributed by atoms with Crippen molar-refractivity contribution >= 4 is 35.7 Å². The first kappa shape index (κ1) is 25.3. The molecule has 0 N–H and O–H groups in total. The minimum Gasteiger partial charge on any atom is -0.467 e. The zero-order valence-corrected chi connectivity index (χ0v) is 19.5. The molecule has 0 radical (unpaired) electrons. The maximum Gasteiger partial charge on any atom is 0.430 e. The first-order valence-corrected chi connectivity index (χ1v) is 10.3. The van der Waals surface area contributed by atoms with Crippen LogP contribution in [0, 0.1) is 0 Å². The Labute approximate surface area is 191 Å². The molecule has 0 saturated carbocycles. The van der Waals surface area contributed by atoms with Crippen molar-refractivity contribution in [2.75, 3.05) is 14.2 Å². The van der Waals surface area contributed by atoms with Gasteiger partial charge >= 0.3 is 24.1 Å². The Kier molecular flexibility index (Phi) is 7.95. The number of halogens is 1. The summed E-state index contributed by atoms with van der Waals surface area (Å²) in [7, 11) is 2.12. The molecule has 32 heavy (non-hydrogen) atoms. The fourth-order valence-corrected chi connectivity index (χ4v) is 3.57. The molecule has 0 aliphatic carbocycles. The van der Waals surface area contributed by atoms with Crippen molar-refractivity contribution in [3.05, 3.63) is 34.9 Å². The van der Waals surface area contributed by atoms with Gasteiger partial charge in [-0.25, -0.2) is 24.2 Å². The average molecular weight is 471 g/mol. The number of carbonyl (C=O) groups is 4. The van der Waals surface area contributed by atoms with E-state index in [1.54, 1.807) is 52.0 Å². The summed E-state index contributed by atoms with van der Waals surface area (Å²) in [5.41, 5.74) is -1.83. The van der Waals surface area contributed by atoms with E-state index in [2.05, 4.69) is 0 Å². The maximum atomic E-state index is 13.2. The number of nitrogens with zero attached hydrogens (tertiary/aromatic N) is 2. The van der Waals surface area contributed by atoms with Crippen molar-refractivity contribution in [1.82, 2.24) is 10.0 Å². The van der Waals surface area contributed by atoms with Crippen molar-refractivity contribution in [3.63, 3.8) is 0 Å². The van der Waals surface area contributed by atoms with Crippen LogP contribution in [0.3, 0.4) is 0 Å². The minimum atomic E-state index is -2.32. The number of hydrazine groups is 1. The van der Waals surface area contributed by atoms with E-state index in [4.69, 9.17) is 30.5 Å². The zero-order valence-electron chi connectivity index (χ0n) is 18.8. The molecule has 0 bridgehead atoms. The monoisotopic (exact) mass is 470 g/mol. The normalized spacial score (nSPS) is 17.3. The standard InChI is InChI=1S/C21H27ClN2O8/c1-12(2)31-19(27)23-16(14-7-9-15(22)10-8-14)11-21(17(25)29-5,18(26)30-6)24(23)20(28)32-13(3)4/h7-10,12-13,16H,11H2,1-6H3. The van der Waals surface area contributed by atoms with Crippen LogP contribution in [0.25, 0.3) is 0 Å². The second-order valence-corrected chi connectivity index (χ2v) is 8.07. The van der Waals surface area contributed by atoms with Gasteiger partial charge in [0.1, 0.15) is 0 Å². The predicted octanol–water partition coefficient (Wildman–Crippen LogP) is 3.48. The van der Waals surface area contributed by atoms with E-state index in [0.29, 0.717) is 15.6 Å². The third kappa shape index (κ3) is 4.74. The molecular formula is C21H27ClN2O8. The van der Waals surface area contributed by atoms with Crippen LogP contribution in [-0.4, -0.2) is 66.1 Å². The van der Waals surface area contributed by atoms with Gasteiger partial charge in [0.15, 0.2) is 0 Å². The van der Waals surface area contributed by atoms with Crippen molar-refractivity contribution in [2.24, 2.45) is 0 Å². The molecule has 1 saturated heterocycles. The summed E-state index contributed by atoms with van der Waals surface area (Å²) in [5, 5.41) is 1.96. The van der Waals surface area contributed by atoms with E-state index in [-0.39, 0.29) is 6.42 Å². The van der Waals surface area contributed by atoms with Crippen molar-refractivity contribution < 1.29 is 38.1 Å². The Balaban J connectivity index is 2.77. The Morgan fingerprint density at radius 2 is 1.38 bits per heavy atom. The maximum absolute atomic E-state index is 13.2. The molecule has 1 unspecified atom stereocenters. The fourth-order valence-electron chi connectivity index (χ4n) is 3.44. The summed E-state index contributed by atoms with van der Waals surface area (Å²) >= 11 is 5.99. The number of hydrogen-bond acceptors (Lipinski definition) is 8. The van der Waals surface area contributed by atoms with Crippen LogP contribution in [0.4, 0.5) is 9.59 Å². The molecule has 1 aliphatic heterocycles. The van der Waals surface area contributed by atoms with Gasteiger partial charge in [-0.15, -0.1) is 0 Å². The molecule has 1 aromatic carbocycles. The summed E-state index contributed by atoms with van der Waals surface area (Å²) in [6.45, 7) is 6.41.